The van der Waals surface area contributed by atoms with Crippen molar-refractivity contribution in [3.05, 3.63) is 0 Å². The lowest BCUT2D eigenvalue weighted by Crippen LogP contribution is -1.85. The van der Waals surface area contributed by atoms with Gasteiger partial charge in [0.2, 0.25) is 0 Å². The molecule has 0 saturated heterocycles. The Labute approximate surface area is 60.6 Å². The van der Waals surface area contributed by atoms with Gasteiger partial charge in [-0.1, -0.05) is 0 Å². The summed E-state index contributed by atoms with van der Waals surface area (Å²) in [6, 6.07) is 0. The van der Waals surface area contributed by atoms with E-state index in [-0.39, 0.29) is 10.9 Å². The summed E-state index contributed by atoms with van der Waals surface area (Å²) >= 11 is 10.1. The lowest BCUT2D eigenvalue weighted by molar-refractivity contribution is 0.216. The van der Waals surface area contributed by atoms with Crippen molar-refractivity contribution in [1.29, 1.82) is 0 Å². The van der Waals surface area contributed by atoms with Crippen molar-refractivity contribution in [2.45, 2.75) is 31.7 Å². The molecule has 1 N–H and O–H groups in total. The molecule has 8 heavy (non-hydrogen) atoms. The van der Waals surface area contributed by atoms with Gasteiger partial charge < -0.3 is 5.11 Å². The van der Waals surface area contributed by atoms with E-state index in [1.54, 1.807) is 20.8 Å². The zero-order valence-electron chi connectivity index (χ0n) is 5.36. The second-order valence-corrected chi connectivity index (χ2v) is 3.15. The largest absolute Gasteiger partial charge is 0.394 e. The van der Waals surface area contributed by atoms with Gasteiger partial charge in [0.15, 0.2) is 0 Å². The average molecular weight is 159 g/mol. The Morgan fingerprint density at radius 2 is 1.12 bits per heavy atom. The molecule has 0 spiro atoms. The fourth-order valence-corrected chi connectivity index (χ4v) is 0. The minimum atomic E-state index is -0.222. The van der Waals surface area contributed by atoms with E-state index in [2.05, 4.69) is 0 Å². The maximum absolute atomic E-state index is 8.06. The maximum atomic E-state index is 8.06. The van der Waals surface area contributed by atoms with Crippen LogP contribution < -0.4 is 0 Å². The first-order valence-corrected chi connectivity index (χ1v) is 3.30. The molecule has 0 aliphatic heterocycles. The lowest BCUT2D eigenvalue weighted by atomic mass is 10.5. The Morgan fingerprint density at radius 3 is 1.12 bits per heavy atom. The normalized spacial score (nSPS) is 9.00. The van der Waals surface area contributed by atoms with Crippen LogP contribution in [0.1, 0.15) is 20.8 Å². The van der Waals surface area contributed by atoms with Crippen LogP contribution in [0.5, 0.6) is 0 Å². The highest BCUT2D eigenvalue weighted by molar-refractivity contribution is 6.43. The number of rotatable bonds is 0. The molecule has 52 valence electrons. The Morgan fingerprint density at radius 1 is 1.12 bits per heavy atom. The second kappa shape index (κ2) is 7.54. The highest BCUT2D eigenvalue weighted by Gasteiger charge is 1.75. The molecule has 0 aliphatic rings. The van der Waals surface area contributed by atoms with Gasteiger partial charge >= 0.3 is 0 Å². The monoisotopic (exact) mass is 158 g/mol. The summed E-state index contributed by atoms with van der Waals surface area (Å²) in [6.07, 6.45) is -0.167. The number of alkyl halides is 2. The molecule has 0 aliphatic carbocycles. The van der Waals surface area contributed by atoms with E-state index in [0.717, 1.165) is 0 Å². The minimum absolute atomic E-state index is 0.167. The smallest absolute Gasteiger partial charge is 0.105 e. The molecule has 0 atom stereocenters. The summed E-state index contributed by atoms with van der Waals surface area (Å²) in [7, 11) is 0. The van der Waals surface area contributed by atoms with Crippen LogP contribution in [0.25, 0.3) is 0 Å². The van der Waals surface area contributed by atoms with Crippen molar-refractivity contribution >= 4 is 23.2 Å². The molecule has 0 aromatic rings. The molecule has 0 fully saturated rings. The van der Waals surface area contributed by atoms with E-state index in [1.165, 1.54) is 0 Å². The van der Waals surface area contributed by atoms with E-state index < -0.39 is 0 Å². The van der Waals surface area contributed by atoms with Crippen LogP contribution >= 0.6 is 23.2 Å². The number of hydrogen-bond donors (Lipinski definition) is 1. The summed E-state index contributed by atoms with van der Waals surface area (Å²) in [5, 5.41) is 8.06. The number of halogens is 2. The molecule has 0 aromatic heterocycles. The van der Waals surface area contributed by atoms with Crippen LogP contribution in [-0.2, 0) is 0 Å². The number of aliphatic hydroxyl groups is 1. The summed E-state index contributed by atoms with van der Waals surface area (Å²) in [4.78, 5) is -0.222. The molecule has 0 radical (unpaired) electrons. The summed E-state index contributed by atoms with van der Waals surface area (Å²) in [5.41, 5.74) is 0. The molecular formula is C5H12Cl2O. The predicted octanol–water partition coefficient (Wildman–Crippen LogP) is 2.20. The number of hydrogen-bond acceptors (Lipinski definition) is 1. The number of aliphatic hydroxyl groups excluding tert-OH is 1. The first kappa shape index (κ1) is 11.4. The van der Waals surface area contributed by atoms with E-state index in [0.29, 0.717) is 0 Å². The topological polar surface area (TPSA) is 20.2 Å². The molecule has 0 amide bonds. The molecule has 0 bridgehead atoms. The maximum Gasteiger partial charge on any atom is 0.105 e. The van der Waals surface area contributed by atoms with E-state index in [9.17, 15) is 0 Å². The summed E-state index contributed by atoms with van der Waals surface area (Å²) in [6.45, 7) is 5.14. The molecule has 1 nitrogen and oxygen atoms in total. The SMILES string of the molecule is CC(C)O.CC(Cl)Cl. The third kappa shape index (κ3) is 688. The van der Waals surface area contributed by atoms with Crippen LogP contribution in [0, 0.1) is 0 Å². The molecule has 0 saturated carbocycles. The van der Waals surface area contributed by atoms with Gasteiger partial charge in [-0.15, -0.1) is 23.2 Å². The summed E-state index contributed by atoms with van der Waals surface area (Å²) < 4.78 is 0. The minimum Gasteiger partial charge on any atom is -0.394 e. The van der Waals surface area contributed by atoms with Gasteiger partial charge in [-0.3, -0.25) is 0 Å². The quantitative estimate of drug-likeness (QED) is 0.537. The van der Waals surface area contributed by atoms with Crippen molar-refractivity contribution < 1.29 is 5.11 Å². The zero-order valence-corrected chi connectivity index (χ0v) is 6.87. The van der Waals surface area contributed by atoms with Crippen LogP contribution in [-0.4, -0.2) is 16.0 Å². The molecule has 3 heteroatoms. The molecule has 0 aromatic carbocycles. The van der Waals surface area contributed by atoms with Gasteiger partial charge in [0.25, 0.3) is 0 Å². The fourth-order valence-electron chi connectivity index (χ4n) is 0. The van der Waals surface area contributed by atoms with Crippen molar-refractivity contribution in [3.63, 3.8) is 0 Å². The highest BCUT2D eigenvalue weighted by Crippen LogP contribution is 1.95. The van der Waals surface area contributed by atoms with Gasteiger partial charge in [-0.2, -0.15) is 0 Å². The van der Waals surface area contributed by atoms with Crippen LogP contribution in [0.2, 0.25) is 0 Å². The van der Waals surface area contributed by atoms with Gasteiger partial charge in [0.1, 0.15) is 4.84 Å². The van der Waals surface area contributed by atoms with Gasteiger partial charge in [0.05, 0.1) is 0 Å². The highest BCUT2D eigenvalue weighted by atomic mass is 35.5. The van der Waals surface area contributed by atoms with Crippen LogP contribution in [0.15, 0.2) is 0 Å². The molecule has 0 unspecified atom stereocenters. The van der Waals surface area contributed by atoms with Crippen molar-refractivity contribution in [2.24, 2.45) is 0 Å². The van der Waals surface area contributed by atoms with Gasteiger partial charge in [-0.25, -0.2) is 0 Å². The standard InChI is InChI=1S/C3H8O.C2H4Cl2/c1-3(2)4;1-2(3)4/h3-4H,1-2H3;2H,1H3. The van der Waals surface area contributed by atoms with E-state index in [1.807, 2.05) is 0 Å². The van der Waals surface area contributed by atoms with Crippen LogP contribution in [0.3, 0.4) is 0 Å². The third-order valence-corrected chi connectivity index (χ3v) is 0. The fraction of sp³-hybridized carbons (Fsp3) is 1.00. The lowest BCUT2D eigenvalue weighted by Gasteiger charge is -1.80. The van der Waals surface area contributed by atoms with Gasteiger partial charge in [0, 0.05) is 6.10 Å². The van der Waals surface area contributed by atoms with Crippen molar-refractivity contribution in [1.82, 2.24) is 0 Å². The Balaban J connectivity index is 0. The average Bonchev–Trinajstić information content (AvgIpc) is 1.25. The predicted molar refractivity (Wildman–Crippen MR) is 38.5 cm³/mol. The van der Waals surface area contributed by atoms with Crippen molar-refractivity contribution in [3.8, 4) is 0 Å². The Kier molecular flexibility index (Phi) is 10.7. The zero-order chi connectivity index (χ0) is 7.15. The summed E-state index contributed by atoms with van der Waals surface area (Å²) in [5.74, 6) is 0. The third-order valence-electron chi connectivity index (χ3n) is 0. The van der Waals surface area contributed by atoms with E-state index >= 15 is 0 Å². The first-order chi connectivity index (χ1) is 3.46. The van der Waals surface area contributed by atoms with Gasteiger partial charge in [-0.05, 0) is 20.8 Å². The van der Waals surface area contributed by atoms with E-state index in [4.69, 9.17) is 28.3 Å². The second-order valence-electron chi connectivity index (χ2n) is 1.61. The Bertz CT molecular complexity index is 25.9. The van der Waals surface area contributed by atoms with Crippen LogP contribution in [0.4, 0.5) is 0 Å². The first-order valence-electron chi connectivity index (χ1n) is 2.43. The van der Waals surface area contributed by atoms with Crippen molar-refractivity contribution in [2.75, 3.05) is 0 Å². The molecule has 0 heterocycles. The molecular weight excluding hydrogens is 147 g/mol. The molecule has 0 rings (SSSR count). The Hall–Kier alpha value is 0.540.